The molecule has 1 amide bonds. The largest absolute Gasteiger partial charge is 0.507 e. The van der Waals surface area contributed by atoms with Gasteiger partial charge in [-0.2, -0.15) is 0 Å². The van der Waals surface area contributed by atoms with Crippen LogP contribution >= 0.6 is 11.6 Å². The maximum Gasteiger partial charge on any atom is 0.218 e. The van der Waals surface area contributed by atoms with Crippen LogP contribution in [0.15, 0.2) is 73.4 Å². The lowest BCUT2D eigenvalue weighted by Gasteiger charge is -2.33. The lowest BCUT2D eigenvalue weighted by Crippen LogP contribution is -2.39. The van der Waals surface area contributed by atoms with Crippen molar-refractivity contribution in [3.63, 3.8) is 0 Å². The highest BCUT2D eigenvalue weighted by molar-refractivity contribution is 6.34. The third-order valence-corrected chi connectivity index (χ3v) is 6.90. The van der Waals surface area contributed by atoms with E-state index >= 15 is 0 Å². The molecule has 1 aliphatic heterocycles. The minimum Gasteiger partial charge on any atom is -0.507 e. The molecule has 8 heteroatoms. The number of aromatic nitrogens is 1. The summed E-state index contributed by atoms with van der Waals surface area (Å²) in [6, 6.07) is 13.2. The number of amides is 1. The van der Waals surface area contributed by atoms with E-state index in [9.17, 15) is 9.90 Å². The van der Waals surface area contributed by atoms with E-state index in [0.717, 1.165) is 54.0 Å². The predicted molar refractivity (Wildman–Crippen MR) is 159 cm³/mol. The first-order valence-electron chi connectivity index (χ1n) is 13.0. The van der Waals surface area contributed by atoms with Crippen molar-refractivity contribution in [3.05, 3.63) is 84.0 Å². The van der Waals surface area contributed by atoms with Gasteiger partial charge in [-0.1, -0.05) is 23.7 Å². The van der Waals surface area contributed by atoms with Gasteiger partial charge in [0.1, 0.15) is 17.7 Å². The van der Waals surface area contributed by atoms with Crippen LogP contribution in [-0.4, -0.2) is 54.7 Å². The van der Waals surface area contributed by atoms with Gasteiger partial charge in [-0.25, -0.2) is 4.98 Å². The average molecular weight is 547 g/mol. The van der Waals surface area contributed by atoms with E-state index in [1.807, 2.05) is 69.3 Å². The molecule has 39 heavy (non-hydrogen) atoms. The normalized spacial score (nSPS) is 15.6. The Labute approximate surface area is 235 Å². The molecule has 1 aromatic heterocycles. The van der Waals surface area contributed by atoms with Crippen LogP contribution in [-0.2, 0) is 9.53 Å². The van der Waals surface area contributed by atoms with Crippen LogP contribution in [0.5, 0.6) is 5.75 Å². The van der Waals surface area contributed by atoms with Gasteiger partial charge in [-0.15, -0.1) is 0 Å². The molecule has 1 aliphatic rings. The van der Waals surface area contributed by atoms with Crippen LogP contribution in [0, 0.1) is 6.92 Å². The van der Waals surface area contributed by atoms with Crippen LogP contribution in [0.1, 0.15) is 25.3 Å². The third-order valence-electron chi connectivity index (χ3n) is 6.60. The van der Waals surface area contributed by atoms with Gasteiger partial charge < -0.3 is 19.6 Å². The highest BCUT2D eigenvalue weighted by Crippen LogP contribution is 2.41. The number of allylic oxidation sites excluding steroid dienone is 1. The SMILES string of the molecule is C/C=C/OC1CCCN(c2cc(-c3cc(C)cc(-c4ccc(N(C=O)/C=C\N(C)C)c(Cl)c4)c3O)ccn2)C1. The Balaban J connectivity index is 1.66. The van der Waals surface area contributed by atoms with Gasteiger partial charge in [-0.05, 0) is 79.8 Å². The molecule has 0 saturated carbocycles. The number of phenolic OH excluding ortho intramolecular Hbond substituents is 1. The van der Waals surface area contributed by atoms with Crippen LogP contribution in [0.25, 0.3) is 22.3 Å². The number of nitrogens with zero attached hydrogens (tertiary/aromatic N) is 4. The van der Waals surface area contributed by atoms with Crippen LogP contribution in [0.4, 0.5) is 11.5 Å². The second-order valence-corrected chi connectivity index (χ2v) is 10.3. The Hall–Kier alpha value is -3.97. The highest BCUT2D eigenvalue weighted by Gasteiger charge is 2.22. The zero-order chi connectivity index (χ0) is 27.9. The standard InChI is InChI=1S/C31H35ClN4O3/c1-5-15-39-25-7-6-12-35(20-25)30-19-24(10-11-33-30)27-17-22(2)16-26(31(27)38)23-8-9-29(28(32)18-23)36(21-37)14-13-34(3)4/h5,8-11,13-19,21,25,38H,6-7,12,20H2,1-4H3/b14-13-,15-5+. The van der Waals surface area contributed by atoms with E-state index in [-0.39, 0.29) is 11.9 Å². The van der Waals surface area contributed by atoms with Gasteiger partial charge in [0.05, 0.1) is 23.5 Å². The van der Waals surface area contributed by atoms with Gasteiger partial charge in [0.25, 0.3) is 0 Å². The zero-order valence-electron chi connectivity index (χ0n) is 22.8. The maximum atomic E-state index is 11.7. The smallest absolute Gasteiger partial charge is 0.218 e. The number of rotatable bonds is 9. The van der Waals surface area contributed by atoms with Gasteiger partial charge in [0.2, 0.25) is 6.41 Å². The summed E-state index contributed by atoms with van der Waals surface area (Å²) >= 11 is 6.61. The molecule has 7 nitrogen and oxygen atoms in total. The Morgan fingerprint density at radius 1 is 1.10 bits per heavy atom. The topological polar surface area (TPSA) is 69.1 Å². The van der Waals surface area contributed by atoms with Gasteiger partial charge in [-0.3, -0.25) is 9.69 Å². The van der Waals surface area contributed by atoms with Crippen molar-refractivity contribution < 1.29 is 14.6 Å². The summed E-state index contributed by atoms with van der Waals surface area (Å²) in [5.74, 6) is 1.02. The van der Waals surface area contributed by atoms with E-state index in [1.165, 1.54) is 4.90 Å². The number of aryl methyl sites for hydroxylation is 1. The molecule has 1 unspecified atom stereocenters. The van der Waals surface area contributed by atoms with Crippen molar-refractivity contribution >= 4 is 29.5 Å². The number of aromatic hydroxyl groups is 1. The number of hydrogen-bond acceptors (Lipinski definition) is 6. The van der Waals surface area contributed by atoms with Crippen LogP contribution in [0.2, 0.25) is 5.02 Å². The van der Waals surface area contributed by atoms with Crippen molar-refractivity contribution in [2.24, 2.45) is 0 Å². The van der Waals surface area contributed by atoms with E-state index in [0.29, 0.717) is 22.7 Å². The molecule has 1 atom stereocenters. The molecule has 2 heterocycles. The maximum absolute atomic E-state index is 11.7. The molecule has 2 aromatic carbocycles. The number of carbonyl (C=O) groups excluding carboxylic acids is 1. The number of ether oxygens (including phenoxy) is 1. The van der Waals surface area contributed by atoms with Crippen molar-refractivity contribution in [2.75, 3.05) is 37.0 Å². The fraction of sp³-hybridized carbons (Fsp3) is 0.290. The lowest BCUT2D eigenvalue weighted by atomic mass is 9.95. The third kappa shape index (κ3) is 6.73. The lowest BCUT2D eigenvalue weighted by molar-refractivity contribution is -0.106. The molecular formula is C31H35ClN4O3. The Kier molecular flexibility index (Phi) is 9.15. The Morgan fingerprint density at radius 3 is 2.51 bits per heavy atom. The van der Waals surface area contributed by atoms with E-state index in [1.54, 1.807) is 37.0 Å². The van der Waals surface area contributed by atoms with Crippen LogP contribution < -0.4 is 9.80 Å². The van der Waals surface area contributed by atoms with Gasteiger partial charge in [0, 0.05) is 50.4 Å². The van der Waals surface area contributed by atoms with Gasteiger partial charge in [0.15, 0.2) is 0 Å². The molecule has 1 N–H and O–H groups in total. The highest BCUT2D eigenvalue weighted by atomic mass is 35.5. The van der Waals surface area contributed by atoms with Gasteiger partial charge >= 0.3 is 0 Å². The summed E-state index contributed by atoms with van der Waals surface area (Å²) in [4.78, 5) is 21.8. The number of pyridine rings is 1. The minimum atomic E-state index is 0.126. The number of benzene rings is 2. The predicted octanol–water partition coefficient (Wildman–Crippen LogP) is 6.60. The average Bonchev–Trinajstić information content (AvgIpc) is 2.94. The van der Waals surface area contributed by atoms with Crippen molar-refractivity contribution in [3.8, 4) is 28.0 Å². The molecule has 3 aromatic rings. The molecule has 0 spiro atoms. The quantitative estimate of drug-likeness (QED) is 0.241. The second kappa shape index (κ2) is 12.7. The summed E-state index contributed by atoms with van der Waals surface area (Å²) in [5.41, 5.74) is 4.56. The molecule has 0 bridgehead atoms. The Bertz CT molecular complexity index is 1370. The van der Waals surface area contributed by atoms with Crippen molar-refractivity contribution in [1.29, 1.82) is 0 Å². The first-order chi connectivity index (χ1) is 18.8. The van der Waals surface area contributed by atoms with E-state index in [2.05, 4.69) is 9.88 Å². The molecule has 1 fully saturated rings. The summed E-state index contributed by atoms with van der Waals surface area (Å²) in [6.07, 6.45) is 11.7. The summed E-state index contributed by atoms with van der Waals surface area (Å²) in [5, 5.41) is 11.8. The monoisotopic (exact) mass is 546 g/mol. The molecule has 204 valence electrons. The number of piperidine rings is 1. The minimum absolute atomic E-state index is 0.126. The van der Waals surface area contributed by atoms with E-state index in [4.69, 9.17) is 16.3 Å². The number of carbonyl (C=O) groups is 1. The summed E-state index contributed by atoms with van der Waals surface area (Å²) in [6.45, 7) is 5.61. The second-order valence-electron chi connectivity index (χ2n) is 9.87. The first kappa shape index (κ1) is 28.0. The first-order valence-corrected chi connectivity index (χ1v) is 13.4. The van der Waals surface area contributed by atoms with Crippen molar-refractivity contribution in [2.45, 2.75) is 32.8 Å². The fourth-order valence-corrected chi connectivity index (χ4v) is 4.96. The molecule has 0 aliphatic carbocycles. The molecular weight excluding hydrogens is 512 g/mol. The van der Waals surface area contributed by atoms with Crippen molar-refractivity contribution in [1.82, 2.24) is 9.88 Å². The number of phenols is 1. The van der Waals surface area contributed by atoms with E-state index < -0.39 is 0 Å². The fourth-order valence-electron chi connectivity index (χ4n) is 4.69. The summed E-state index contributed by atoms with van der Waals surface area (Å²) in [7, 11) is 3.74. The molecule has 4 rings (SSSR count). The zero-order valence-corrected chi connectivity index (χ0v) is 23.6. The summed E-state index contributed by atoms with van der Waals surface area (Å²) < 4.78 is 5.83. The number of anilines is 2. The van der Waals surface area contributed by atoms with Crippen LogP contribution in [0.3, 0.4) is 0 Å². The number of hydrogen-bond donors (Lipinski definition) is 1. The Morgan fingerprint density at radius 2 is 1.85 bits per heavy atom. The molecule has 0 radical (unpaired) electrons. The molecule has 1 saturated heterocycles. The number of halogens is 1.